The number of sulfonamides is 1. The molecule has 2 N–H and O–H groups in total. The number of benzene rings is 3. The number of amides is 1. The monoisotopic (exact) mass is 486 g/mol. The van der Waals surface area contributed by atoms with Crippen LogP contribution in [0.2, 0.25) is 5.02 Å². The Morgan fingerprint density at radius 3 is 2.27 bits per heavy atom. The zero-order chi connectivity index (χ0) is 24.2. The Hall–Kier alpha value is -3.03. The predicted molar refractivity (Wildman–Crippen MR) is 132 cm³/mol. The summed E-state index contributed by atoms with van der Waals surface area (Å²) in [6.45, 7) is 7.97. The van der Waals surface area contributed by atoms with Gasteiger partial charge in [0.2, 0.25) is 0 Å². The molecule has 3 aromatic carbocycles. The summed E-state index contributed by atoms with van der Waals surface area (Å²) >= 11 is 6.08. The summed E-state index contributed by atoms with van der Waals surface area (Å²) in [5.41, 5.74) is 4.27. The normalized spacial score (nSPS) is 11.2. The second-order valence-corrected chi connectivity index (χ2v) is 9.96. The molecule has 0 fully saturated rings. The van der Waals surface area contributed by atoms with Crippen molar-refractivity contribution in [2.24, 2.45) is 0 Å². The fraction of sp³-hybridized carbons (Fsp3) is 0.240. The maximum Gasteiger partial charge on any atom is 0.262 e. The number of carbonyl (C=O) groups excluding carboxylic acids is 1. The summed E-state index contributed by atoms with van der Waals surface area (Å²) in [6, 6.07) is 15.3. The van der Waals surface area contributed by atoms with Crippen molar-refractivity contribution in [2.75, 3.05) is 17.9 Å². The Balaban J connectivity index is 1.66. The van der Waals surface area contributed by atoms with Gasteiger partial charge in [-0.15, -0.1) is 0 Å². The van der Waals surface area contributed by atoms with E-state index < -0.39 is 10.0 Å². The third-order valence-corrected chi connectivity index (χ3v) is 7.23. The van der Waals surface area contributed by atoms with Crippen molar-refractivity contribution in [1.29, 1.82) is 0 Å². The predicted octanol–water partition coefficient (Wildman–Crippen LogP) is 5.18. The van der Waals surface area contributed by atoms with Crippen molar-refractivity contribution >= 4 is 33.2 Å². The molecular formula is C25H27ClN2O4S. The van der Waals surface area contributed by atoms with Crippen molar-refractivity contribution in [2.45, 2.75) is 32.6 Å². The first-order chi connectivity index (χ1) is 15.6. The second kappa shape index (κ2) is 10.3. The molecule has 0 aliphatic rings. The molecule has 0 saturated heterocycles. The Morgan fingerprint density at radius 1 is 0.879 bits per heavy atom. The molecule has 33 heavy (non-hydrogen) atoms. The third kappa shape index (κ3) is 6.27. The molecule has 8 heteroatoms. The standard InChI is InChI=1S/C25H27ClN2O4S/c1-16-6-9-21(13-19(16)4)28-33(30,31)24-14-20(8-5-18(24)3)25(29)27-11-12-32-22-10-7-17(2)23(26)15-22/h5-10,13-15,28H,11-12H2,1-4H3,(H,27,29). The first kappa shape index (κ1) is 24.6. The Labute approximate surface area is 200 Å². The van der Waals surface area contributed by atoms with E-state index in [1.807, 2.05) is 39.0 Å². The van der Waals surface area contributed by atoms with Crippen LogP contribution in [0.25, 0.3) is 0 Å². The topological polar surface area (TPSA) is 84.5 Å². The van der Waals surface area contributed by atoms with Crippen molar-refractivity contribution in [3.63, 3.8) is 0 Å². The van der Waals surface area contributed by atoms with Crippen LogP contribution in [0.4, 0.5) is 5.69 Å². The van der Waals surface area contributed by atoms with Gasteiger partial charge in [0.25, 0.3) is 15.9 Å². The van der Waals surface area contributed by atoms with Crippen LogP contribution in [-0.4, -0.2) is 27.5 Å². The van der Waals surface area contributed by atoms with E-state index in [2.05, 4.69) is 10.0 Å². The van der Waals surface area contributed by atoms with Crippen LogP contribution in [0, 0.1) is 27.7 Å². The summed E-state index contributed by atoms with van der Waals surface area (Å²) in [4.78, 5) is 12.6. The number of hydrogen-bond donors (Lipinski definition) is 2. The van der Waals surface area contributed by atoms with Crippen LogP contribution >= 0.6 is 11.6 Å². The van der Waals surface area contributed by atoms with Gasteiger partial charge in [0, 0.05) is 16.3 Å². The molecule has 0 aliphatic carbocycles. The number of aryl methyl sites for hydroxylation is 4. The second-order valence-electron chi connectivity index (χ2n) is 7.90. The number of rotatable bonds is 8. The first-order valence-corrected chi connectivity index (χ1v) is 12.3. The molecule has 0 spiro atoms. The molecule has 3 aromatic rings. The molecule has 6 nitrogen and oxygen atoms in total. The lowest BCUT2D eigenvalue weighted by atomic mass is 10.1. The summed E-state index contributed by atoms with van der Waals surface area (Å²) < 4.78 is 34.2. The molecule has 0 aliphatic heterocycles. The minimum absolute atomic E-state index is 0.0546. The van der Waals surface area contributed by atoms with Crippen molar-refractivity contribution in [1.82, 2.24) is 5.32 Å². The van der Waals surface area contributed by atoms with Crippen LogP contribution in [0.15, 0.2) is 59.5 Å². The summed E-state index contributed by atoms with van der Waals surface area (Å²) in [6.07, 6.45) is 0. The van der Waals surface area contributed by atoms with Gasteiger partial charge in [0.05, 0.1) is 11.4 Å². The van der Waals surface area contributed by atoms with Crippen LogP contribution in [-0.2, 0) is 10.0 Å². The average Bonchev–Trinajstić information content (AvgIpc) is 2.76. The number of halogens is 1. The zero-order valence-corrected chi connectivity index (χ0v) is 20.6. The molecule has 0 atom stereocenters. The minimum Gasteiger partial charge on any atom is -0.492 e. The lowest BCUT2D eigenvalue weighted by molar-refractivity contribution is 0.0946. The quantitative estimate of drug-likeness (QED) is 0.429. The number of ether oxygens (including phenoxy) is 1. The fourth-order valence-electron chi connectivity index (χ4n) is 3.14. The summed E-state index contributed by atoms with van der Waals surface area (Å²) in [5, 5.41) is 3.36. The highest BCUT2D eigenvalue weighted by Crippen LogP contribution is 2.23. The van der Waals surface area contributed by atoms with Crippen molar-refractivity contribution in [3.8, 4) is 5.75 Å². The molecule has 0 unspecified atom stereocenters. The minimum atomic E-state index is -3.87. The Bertz CT molecular complexity index is 1290. The van der Waals surface area contributed by atoms with Gasteiger partial charge in [-0.3, -0.25) is 9.52 Å². The van der Waals surface area contributed by atoms with Gasteiger partial charge in [-0.1, -0.05) is 29.8 Å². The Kier molecular flexibility index (Phi) is 7.66. The van der Waals surface area contributed by atoms with E-state index in [9.17, 15) is 13.2 Å². The maximum atomic E-state index is 13.0. The van der Waals surface area contributed by atoms with E-state index in [0.717, 1.165) is 16.7 Å². The molecule has 1 amide bonds. The first-order valence-electron chi connectivity index (χ1n) is 10.4. The zero-order valence-electron chi connectivity index (χ0n) is 19.0. The summed E-state index contributed by atoms with van der Waals surface area (Å²) in [5.74, 6) is 0.226. The largest absolute Gasteiger partial charge is 0.492 e. The third-order valence-electron chi connectivity index (χ3n) is 5.30. The van der Waals surface area contributed by atoms with Crippen molar-refractivity contribution in [3.05, 3.63) is 87.4 Å². The smallest absolute Gasteiger partial charge is 0.262 e. The van der Waals surface area contributed by atoms with Gasteiger partial charge in [-0.05, 0) is 86.3 Å². The van der Waals surface area contributed by atoms with Crippen LogP contribution in [0.3, 0.4) is 0 Å². The number of anilines is 1. The molecule has 3 rings (SSSR count). The maximum absolute atomic E-state index is 13.0. The molecular weight excluding hydrogens is 460 g/mol. The van der Waals surface area contributed by atoms with E-state index >= 15 is 0 Å². The van der Waals surface area contributed by atoms with Crippen LogP contribution < -0.4 is 14.8 Å². The van der Waals surface area contributed by atoms with E-state index in [1.54, 1.807) is 37.3 Å². The highest BCUT2D eigenvalue weighted by atomic mass is 35.5. The lowest BCUT2D eigenvalue weighted by Crippen LogP contribution is -2.28. The number of carbonyl (C=O) groups is 1. The molecule has 0 radical (unpaired) electrons. The van der Waals surface area contributed by atoms with E-state index in [1.165, 1.54) is 6.07 Å². The summed E-state index contributed by atoms with van der Waals surface area (Å²) in [7, 11) is -3.87. The van der Waals surface area contributed by atoms with Crippen LogP contribution in [0.5, 0.6) is 5.75 Å². The molecule has 0 saturated carbocycles. The highest BCUT2D eigenvalue weighted by Gasteiger charge is 2.19. The van der Waals surface area contributed by atoms with Gasteiger partial charge in [-0.25, -0.2) is 8.42 Å². The van der Waals surface area contributed by atoms with Gasteiger partial charge in [-0.2, -0.15) is 0 Å². The molecule has 0 aromatic heterocycles. The van der Waals surface area contributed by atoms with E-state index in [-0.39, 0.29) is 29.5 Å². The van der Waals surface area contributed by atoms with Gasteiger partial charge in [0.1, 0.15) is 12.4 Å². The van der Waals surface area contributed by atoms with Gasteiger partial charge in [0.15, 0.2) is 0 Å². The Morgan fingerprint density at radius 2 is 1.58 bits per heavy atom. The van der Waals surface area contributed by atoms with E-state index in [4.69, 9.17) is 16.3 Å². The lowest BCUT2D eigenvalue weighted by Gasteiger charge is -2.13. The fourth-order valence-corrected chi connectivity index (χ4v) is 4.64. The van der Waals surface area contributed by atoms with Crippen LogP contribution in [0.1, 0.15) is 32.6 Å². The van der Waals surface area contributed by atoms with E-state index in [0.29, 0.717) is 22.0 Å². The average molecular weight is 487 g/mol. The molecule has 0 heterocycles. The number of nitrogens with one attached hydrogen (secondary N) is 2. The van der Waals surface area contributed by atoms with Gasteiger partial charge >= 0.3 is 0 Å². The van der Waals surface area contributed by atoms with Gasteiger partial charge < -0.3 is 10.1 Å². The molecule has 0 bridgehead atoms. The number of hydrogen-bond acceptors (Lipinski definition) is 4. The van der Waals surface area contributed by atoms with Crippen molar-refractivity contribution < 1.29 is 17.9 Å². The SMILES string of the molecule is Cc1ccc(NS(=O)(=O)c2cc(C(=O)NCCOc3ccc(C)c(Cl)c3)ccc2C)cc1C. The molecule has 174 valence electrons. The highest BCUT2D eigenvalue weighted by molar-refractivity contribution is 7.92.